The molecule has 0 saturated heterocycles. The van der Waals surface area contributed by atoms with Gasteiger partial charge in [-0.1, -0.05) is 18.2 Å². The van der Waals surface area contributed by atoms with Crippen LogP contribution in [0, 0.1) is 0 Å². The van der Waals surface area contributed by atoms with Gasteiger partial charge in [-0.15, -0.1) is 0 Å². The fourth-order valence-corrected chi connectivity index (χ4v) is 2.21. The van der Waals surface area contributed by atoms with Crippen LogP contribution >= 0.6 is 0 Å². The van der Waals surface area contributed by atoms with E-state index in [0.717, 1.165) is 22.0 Å². The van der Waals surface area contributed by atoms with Crippen LogP contribution in [0.2, 0.25) is 0 Å². The number of fused-ring (bicyclic) bond motifs is 1. The van der Waals surface area contributed by atoms with Gasteiger partial charge in [0.15, 0.2) is 0 Å². The first kappa shape index (κ1) is 11.0. The third kappa shape index (κ3) is 1.89. The average Bonchev–Trinajstić information content (AvgIpc) is 2.93. The SMILES string of the molecule is CNC(c1ccoc1)c1cnc2ccccc2c1. The van der Waals surface area contributed by atoms with Crippen molar-refractivity contribution in [2.75, 3.05) is 7.05 Å². The molecule has 3 rings (SSSR count). The van der Waals surface area contributed by atoms with Crippen molar-refractivity contribution in [1.82, 2.24) is 10.3 Å². The van der Waals surface area contributed by atoms with Gasteiger partial charge in [0.1, 0.15) is 0 Å². The van der Waals surface area contributed by atoms with E-state index in [2.05, 4.69) is 22.4 Å². The van der Waals surface area contributed by atoms with Crippen LogP contribution in [0.15, 0.2) is 59.5 Å². The van der Waals surface area contributed by atoms with E-state index in [1.165, 1.54) is 0 Å². The lowest BCUT2D eigenvalue weighted by Gasteiger charge is -2.14. The smallest absolute Gasteiger partial charge is 0.0953 e. The summed E-state index contributed by atoms with van der Waals surface area (Å²) >= 11 is 0. The van der Waals surface area contributed by atoms with E-state index in [0.29, 0.717) is 0 Å². The van der Waals surface area contributed by atoms with Crippen molar-refractivity contribution in [3.8, 4) is 0 Å². The van der Waals surface area contributed by atoms with E-state index in [9.17, 15) is 0 Å². The summed E-state index contributed by atoms with van der Waals surface area (Å²) in [4.78, 5) is 4.49. The summed E-state index contributed by atoms with van der Waals surface area (Å²) in [6, 6.07) is 12.4. The summed E-state index contributed by atoms with van der Waals surface area (Å²) in [5.74, 6) is 0. The summed E-state index contributed by atoms with van der Waals surface area (Å²) in [5, 5.41) is 4.44. The van der Waals surface area contributed by atoms with Crippen molar-refractivity contribution < 1.29 is 4.42 Å². The highest BCUT2D eigenvalue weighted by Crippen LogP contribution is 2.24. The zero-order chi connectivity index (χ0) is 12.4. The second-order valence-electron chi connectivity index (χ2n) is 4.24. The largest absolute Gasteiger partial charge is 0.472 e. The second-order valence-corrected chi connectivity index (χ2v) is 4.24. The van der Waals surface area contributed by atoms with E-state index in [1.807, 2.05) is 37.5 Å². The number of hydrogen-bond donors (Lipinski definition) is 1. The van der Waals surface area contributed by atoms with Crippen molar-refractivity contribution in [2.45, 2.75) is 6.04 Å². The molecule has 0 saturated carbocycles. The molecule has 90 valence electrons. The van der Waals surface area contributed by atoms with Crippen LogP contribution in [0.25, 0.3) is 10.9 Å². The van der Waals surface area contributed by atoms with Crippen LogP contribution < -0.4 is 5.32 Å². The summed E-state index contributed by atoms with van der Waals surface area (Å²) in [7, 11) is 1.94. The molecule has 0 aliphatic rings. The van der Waals surface area contributed by atoms with Crippen molar-refractivity contribution in [1.29, 1.82) is 0 Å². The maximum atomic E-state index is 5.15. The number of benzene rings is 1. The molecule has 0 aliphatic heterocycles. The van der Waals surface area contributed by atoms with Gasteiger partial charge < -0.3 is 9.73 Å². The first-order valence-electron chi connectivity index (χ1n) is 5.92. The van der Waals surface area contributed by atoms with Crippen LogP contribution in [-0.4, -0.2) is 12.0 Å². The summed E-state index contributed by atoms with van der Waals surface area (Å²) in [6.07, 6.45) is 5.36. The molecule has 3 heteroatoms. The number of hydrogen-bond acceptors (Lipinski definition) is 3. The van der Waals surface area contributed by atoms with E-state index < -0.39 is 0 Å². The van der Waals surface area contributed by atoms with E-state index in [4.69, 9.17) is 4.42 Å². The van der Waals surface area contributed by atoms with Crippen LogP contribution in [-0.2, 0) is 0 Å². The molecule has 1 N–H and O–H groups in total. The minimum atomic E-state index is 0.112. The molecule has 0 radical (unpaired) electrons. The third-order valence-electron chi connectivity index (χ3n) is 3.11. The Kier molecular flexibility index (Phi) is 2.82. The lowest BCUT2D eigenvalue weighted by Crippen LogP contribution is -2.17. The Balaban J connectivity index is 2.07. The Labute approximate surface area is 105 Å². The lowest BCUT2D eigenvalue weighted by molar-refractivity contribution is 0.557. The quantitative estimate of drug-likeness (QED) is 0.761. The number of para-hydroxylation sites is 1. The number of nitrogens with zero attached hydrogens (tertiary/aromatic N) is 1. The molecular formula is C15H14N2O. The van der Waals surface area contributed by atoms with Gasteiger partial charge >= 0.3 is 0 Å². The maximum absolute atomic E-state index is 5.15. The maximum Gasteiger partial charge on any atom is 0.0953 e. The summed E-state index contributed by atoms with van der Waals surface area (Å²) in [6.45, 7) is 0. The van der Waals surface area contributed by atoms with Crippen molar-refractivity contribution in [3.05, 3.63) is 66.2 Å². The molecule has 0 bridgehead atoms. The number of pyridine rings is 1. The normalized spacial score (nSPS) is 12.7. The molecule has 18 heavy (non-hydrogen) atoms. The Morgan fingerprint density at radius 1 is 1.17 bits per heavy atom. The molecule has 0 aliphatic carbocycles. The van der Waals surface area contributed by atoms with Crippen LogP contribution in [0.4, 0.5) is 0 Å². The monoisotopic (exact) mass is 238 g/mol. The van der Waals surface area contributed by atoms with Gasteiger partial charge in [-0.25, -0.2) is 0 Å². The van der Waals surface area contributed by atoms with Gasteiger partial charge in [0.05, 0.1) is 24.1 Å². The van der Waals surface area contributed by atoms with Crippen molar-refractivity contribution >= 4 is 10.9 Å². The molecule has 0 fully saturated rings. The number of furan rings is 1. The molecule has 3 aromatic rings. The van der Waals surface area contributed by atoms with E-state index in [1.54, 1.807) is 12.5 Å². The first-order valence-corrected chi connectivity index (χ1v) is 5.92. The van der Waals surface area contributed by atoms with Crippen molar-refractivity contribution in [2.24, 2.45) is 0 Å². The van der Waals surface area contributed by atoms with Crippen LogP contribution in [0.5, 0.6) is 0 Å². The summed E-state index contributed by atoms with van der Waals surface area (Å²) in [5.41, 5.74) is 3.26. The Morgan fingerprint density at radius 2 is 2.06 bits per heavy atom. The third-order valence-corrected chi connectivity index (χ3v) is 3.11. The fourth-order valence-electron chi connectivity index (χ4n) is 2.21. The zero-order valence-electron chi connectivity index (χ0n) is 10.1. The van der Waals surface area contributed by atoms with Gasteiger partial charge in [-0.05, 0) is 30.8 Å². The highest BCUT2D eigenvalue weighted by molar-refractivity contribution is 5.78. The van der Waals surface area contributed by atoms with Gasteiger partial charge in [0, 0.05) is 17.1 Å². The van der Waals surface area contributed by atoms with Crippen LogP contribution in [0.3, 0.4) is 0 Å². The average molecular weight is 238 g/mol. The minimum Gasteiger partial charge on any atom is -0.472 e. The predicted molar refractivity (Wildman–Crippen MR) is 71.4 cm³/mol. The van der Waals surface area contributed by atoms with Crippen LogP contribution in [0.1, 0.15) is 17.2 Å². The van der Waals surface area contributed by atoms with Gasteiger partial charge in [-0.2, -0.15) is 0 Å². The molecule has 1 unspecified atom stereocenters. The number of nitrogens with one attached hydrogen (secondary N) is 1. The molecule has 2 aromatic heterocycles. The standard InChI is InChI=1S/C15H14N2O/c1-16-15(12-6-7-18-10-12)13-8-11-4-2-3-5-14(11)17-9-13/h2-10,15-16H,1H3. The lowest BCUT2D eigenvalue weighted by atomic mass is 10.0. The Morgan fingerprint density at radius 3 is 2.83 bits per heavy atom. The fraction of sp³-hybridized carbons (Fsp3) is 0.133. The molecule has 2 heterocycles. The molecular weight excluding hydrogens is 224 g/mol. The minimum absolute atomic E-state index is 0.112. The van der Waals surface area contributed by atoms with E-state index in [-0.39, 0.29) is 6.04 Å². The van der Waals surface area contributed by atoms with Crippen molar-refractivity contribution in [3.63, 3.8) is 0 Å². The molecule has 0 amide bonds. The highest BCUT2D eigenvalue weighted by Gasteiger charge is 2.13. The first-order chi connectivity index (χ1) is 8.88. The Hall–Kier alpha value is -2.13. The molecule has 1 aromatic carbocycles. The topological polar surface area (TPSA) is 38.1 Å². The zero-order valence-corrected chi connectivity index (χ0v) is 10.1. The number of rotatable bonds is 3. The summed E-state index contributed by atoms with van der Waals surface area (Å²) < 4.78 is 5.15. The molecule has 3 nitrogen and oxygen atoms in total. The van der Waals surface area contributed by atoms with Gasteiger partial charge in [0.2, 0.25) is 0 Å². The highest BCUT2D eigenvalue weighted by atomic mass is 16.3. The predicted octanol–water partition coefficient (Wildman–Crippen LogP) is 3.14. The molecule has 1 atom stereocenters. The van der Waals surface area contributed by atoms with Gasteiger partial charge in [-0.3, -0.25) is 4.98 Å². The van der Waals surface area contributed by atoms with Gasteiger partial charge in [0.25, 0.3) is 0 Å². The molecule has 0 spiro atoms. The number of aromatic nitrogens is 1. The second kappa shape index (κ2) is 4.63. The Bertz CT molecular complexity index is 646. The van der Waals surface area contributed by atoms with E-state index >= 15 is 0 Å².